The summed E-state index contributed by atoms with van der Waals surface area (Å²) in [6, 6.07) is 15.8. The predicted octanol–water partition coefficient (Wildman–Crippen LogP) is 4.73. The number of nitrogens with one attached hydrogen (secondary N) is 1. The summed E-state index contributed by atoms with van der Waals surface area (Å²) in [5.41, 5.74) is 5.01. The third kappa shape index (κ3) is 8.67. The Balaban J connectivity index is 0.000000196. The van der Waals surface area contributed by atoms with E-state index in [-0.39, 0.29) is 6.61 Å². The number of carbonyl (C=O) groups excluding carboxylic acids is 2. The van der Waals surface area contributed by atoms with Crippen molar-refractivity contribution in [2.75, 3.05) is 31.8 Å². The average molecular weight is 482 g/mol. The van der Waals surface area contributed by atoms with E-state index in [1.165, 1.54) is 42.7 Å². The number of likely N-dealkylation sites (tertiary alicyclic amines) is 1. The average Bonchev–Trinajstić information content (AvgIpc) is 3.52. The van der Waals surface area contributed by atoms with Gasteiger partial charge in [0.1, 0.15) is 12.9 Å². The van der Waals surface area contributed by atoms with Crippen LogP contribution in [0.1, 0.15) is 49.8 Å². The number of carbonyl (C=O) groups is 2. The Labute approximate surface area is 209 Å². The third-order valence-electron chi connectivity index (χ3n) is 6.23. The standard InChI is InChI=1S/C14H20N2O.C14H19NO3/c1-17-16-9-6-13-5-4-12(10-14(13)16)11-15-7-2-3-8-15;1-11(2)8-13(9-16)15-14(17)18-10-12-6-4-3-5-7-12/h4-5,10H,2-3,6-9,11H2,1H3;3-7,9,11,13H,8,10H2,1-2H3,(H,15,17). The molecule has 2 aromatic carbocycles. The van der Waals surface area contributed by atoms with Crippen molar-refractivity contribution in [1.29, 1.82) is 0 Å². The number of hydrogen-bond acceptors (Lipinski definition) is 6. The molecule has 0 aromatic heterocycles. The predicted molar refractivity (Wildman–Crippen MR) is 138 cm³/mol. The zero-order valence-corrected chi connectivity index (χ0v) is 21.2. The van der Waals surface area contributed by atoms with Gasteiger partial charge in [-0.1, -0.05) is 56.3 Å². The van der Waals surface area contributed by atoms with Gasteiger partial charge in [-0.3, -0.25) is 14.8 Å². The van der Waals surface area contributed by atoms with E-state index in [9.17, 15) is 9.59 Å². The first-order valence-electron chi connectivity index (χ1n) is 12.6. The Kier molecular flexibility index (Phi) is 10.6. The lowest BCUT2D eigenvalue weighted by molar-refractivity contribution is -0.109. The maximum atomic E-state index is 11.5. The second-order valence-electron chi connectivity index (χ2n) is 9.56. The summed E-state index contributed by atoms with van der Waals surface area (Å²) in [4.78, 5) is 30.2. The van der Waals surface area contributed by atoms with E-state index in [0.717, 1.165) is 31.4 Å². The molecule has 0 bridgehead atoms. The molecular weight excluding hydrogens is 442 g/mol. The monoisotopic (exact) mass is 481 g/mol. The van der Waals surface area contributed by atoms with Gasteiger partial charge in [0.2, 0.25) is 0 Å². The summed E-state index contributed by atoms with van der Waals surface area (Å²) in [6.07, 6.45) is 4.61. The topological polar surface area (TPSA) is 71.1 Å². The molecule has 1 fully saturated rings. The summed E-state index contributed by atoms with van der Waals surface area (Å²) in [5.74, 6) is 0.342. The summed E-state index contributed by atoms with van der Waals surface area (Å²) in [7, 11) is 1.75. The number of nitrogens with zero attached hydrogens (tertiary/aromatic N) is 2. The van der Waals surface area contributed by atoms with Crippen LogP contribution in [0.3, 0.4) is 0 Å². The molecule has 2 aliphatic rings. The van der Waals surface area contributed by atoms with Crippen molar-refractivity contribution in [2.24, 2.45) is 5.92 Å². The van der Waals surface area contributed by atoms with Crippen LogP contribution in [0.4, 0.5) is 10.5 Å². The van der Waals surface area contributed by atoms with E-state index in [0.29, 0.717) is 12.3 Å². The van der Waals surface area contributed by atoms with Gasteiger partial charge in [-0.25, -0.2) is 4.79 Å². The first-order valence-corrected chi connectivity index (χ1v) is 12.6. The largest absolute Gasteiger partial charge is 0.445 e. The van der Waals surface area contributed by atoms with Gasteiger partial charge < -0.3 is 14.8 Å². The van der Waals surface area contributed by atoms with Gasteiger partial charge in [0.05, 0.1) is 18.8 Å². The number of anilines is 1. The second-order valence-corrected chi connectivity index (χ2v) is 9.56. The van der Waals surface area contributed by atoms with Crippen molar-refractivity contribution in [3.63, 3.8) is 0 Å². The number of alkyl carbamates (subject to hydrolysis) is 1. The highest BCUT2D eigenvalue weighted by Gasteiger charge is 2.20. The number of benzene rings is 2. The lowest BCUT2D eigenvalue weighted by Gasteiger charge is -2.18. The van der Waals surface area contributed by atoms with Crippen LogP contribution in [-0.4, -0.2) is 50.1 Å². The van der Waals surface area contributed by atoms with Crippen molar-refractivity contribution < 1.29 is 19.2 Å². The molecule has 0 aliphatic carbocycles. The SMILES string of the molecule is CC(C)CC(C=O)NC(=O)OCc1ccccc1.CON1CCc2ccc(CN3CCCC3)cc21. The highest BCUT2D eigenvalue weighted by molar-refractivity contribution is 5.73. The highest BCUT2D eigenvalue weighted by atomic mass is 16.7. The van der Waals surface area contributed by atoms with Crippen LogP contribution in [0, 0.1) is 5.92 Å². The summed E-state index contributed by atoms with van der Waals surface area (Å²) < 4.78 is 5.03. The number of aldehydes is 1. The van der Waals surface area contributed by atoms with Crippen LogP contribution in [0.2, 0.25) is 0 Å². The summed E-state index contributed by atoms with van der Waals surface area (Å²) in [5, 5.41) is 4.54. The van der Waals surface area contributed by atoms with Gasteiger partial charge in [0, 0.05) is 13.1 Å². The van der Waals surface area contributed by atoms with Crippen LogP contribution < -0.4 is 10.4 Å². The quantitative estimate of drug-likeness (QED) is 0.522. The van der Waals surface area contributed by atoms with Gasteiger partial charge in [-0.15, -0.1) is 0 Å². The molecule has 7 heteroatoms. The molecule has 2 heterocycles. The Morgan fingerprint density at radius 3 is 2.46 bits per heavy atom. The van der Waals surface area contributed by atoms with E-state index in [1.54, 1.807) is 7.11 Å². The minimum Gasteiger partial charge on any atom is -0.445 e. The molecule has 1 unspecified atom stereocenters. The fraction of sp³-hybridized carbons (Fsp3) is 0.500. The van der Waals surface area contributed by atoms with Crippen LogP contribution in [0.25, 0.3) is 0 Å². The molecule has 0 spiro atoms. The third-order valence-corrected chi connectivity index (χ3v) is 6.23. The van der Waals surface area contributed by atoms with E-state index in [2.05, 4.69) is 28.4 Å². The van der Waals surface area contributed by atoms with Crippen LogP contribution >= 0.6 is 0 Å². The van der Waals surface area contributed by atoms with Crippen molar-refractivity contribution in [3.8, 4) is 0 Å². The first-order chi connectivity index (χ1) is 17.0. The Bertz CT molecular complexity index is 929. The highest BCUT2D eigenvalue weighted by Crippen LogP contribution is 2.29. The molecule has 2 aromatic rings. The van der Waals surface area contributed by atoms with Crippen LogP contribution in [0.15, 0.2) is 48.5 Å². The van der Waals surface area contributed by atoms with Crippen molar-refractivity contribution in [1.82, 2.24) is 10.2 Å². The molecule has 35 heavy (non-hydrogen) atoms. The van der Waals surface area contributed by atoms with E-state index < -0.39 is 12.1 Å². The number of amides is 1. The lowest BCUT2D eigenvalue weighted by atomic mass is 10.1. The number of fused-ring (bicyclic) bond motifs is 1. The molecule has 7 nitrogen and oxygen atoms in total. The molecule has 1 N–H and O–H groups in total. The molecule has 2 aliphatic heterocycles. The molecule has 4 rings (SSSR count). The maximum Gasteiger partial charge on any atom is 0.408 e. The van der Waals surface area contributed by atoms with Crippen LogP contribution in [0.5, 0.6) is 0 Å². The minimum atomic E-state index is -0.559. The van der Waals surface area contributed by atoms with Gasteiger partial charge in [-0.2, -0.15) is 0 Å². The van der Waals surface area contributed by atoms with Gasteiger partial charge >= 0.3 is 6.09 Å². The number of rotatable bonds is 9. The molecule has 0 saturated carbocycles. The zero-order valence-electron chi connectivity index (χ0n) is 21.2. The fourth-order valence-electron chi connectivity index (χ4n) is 4.45. The molecule has 1 amide bonds. The number of hydroxylamine groups is 1. The minimum absolute atomic E-state index is 0.208. The Hall–Kier alpha value is -2.90. The molecule has 0 radical (unpaired) electrons. The maximum absolute atomic E-state index is 11.5. The van der Waals surface area contributed by atoms with E-state index >= 15 is 0 Å². The van der Waals surface area contributed by atoms with Gasteiger partial charge in [0.25, 0.3) is 0 Å². The van der Waals surface area contributed by atoms with E-state index in [4.69, 9.17) is 9.57 Å². The zero-order chi connectivity index (χ0) is 25.0. The van der Waals surface area contributed by atoms with Gasteiger partial charge in [0.15, 0.2) is 0 Å². The summed E-state index contributed by atoms with van der Waals surface area (Å²) in [6.45, 7) is 8.78. The number of hydrogen-bond donors (Lipinski definition) is 1. The second kappa shape index (κ2) is 13.9. The first kappa shape index (κ1) is 26.7. The van der Waals surface area contributed by atoms with Crippen LogP contribution in [-0.2, 0) is 33.9 Å². The van der Waals surface area contributed by atoms with Crippen molar-refractivity contribution in [3.05, 3.63) is 65.2 Å². The smallest absolute Gasteiger partial charge is 0.408 e. The summed E-state index contributed by atoms with van der Waals surface area (Å²) >= 11 is 0. The molecular formula is C28H39N3O4. The molecule has 190 valence electrons. The van der Waals surface area contributed by atoms with E-state index in [1.807, 2.05) is 49.2 Å². The molecule has 1 saturated heterocycles. The normalized spacial score (nSPS) is 15.8. The van der Waals surface area contributed by atoms with Gasteiger partial charge in [-0.05, 0) is 67.4 Å². The molecule has 1 atom stereocenters. The van der Waals surface area contributed by atoms with Crippen molar-refractivity contribution >= 4 is 18.1 Å². The Morgan fingerprint density at radius 1 is 1.06 bits per heavy atom. The Morgan fingerprint density at radius 2 is 1.80 bits per heavy atom. The lowest BCUT2D eigenvalue weighted by Crippen LogP contribution is -2.37. The number of ether oxygens (including phenoxy) is 1. The fourth-order valence-corrected chi connectivity index (χ4v) is 4.45. The van der Waals surface area contributed by atoms with Crippen molar-refractivity contribution in [2.45, 2.75) is 58.7 Å².